The van der Waals surface area contributed by atoms with Crippen molar-refractivity contribution in [3.8, 4) is 0 Å². The van der Waals surface area contributed by atoms with Gasteiger partial charge in [-0.1, -0.05) is 30.2 Å². The molecule has 2 aliphatic carbocycles. The van der Waals surface area contributed by atoms with Crippen LogP contribution < -0.4 is 10.9 Å². The molecule has 6 nitrogen and oxygen atoms in total. The number of benzene rings is 1. The average molecular weight is 425 g/mol. The molecule has 7 heteroatoms. The van der Waals surface area contributed by atoms with E-state index in [0.717, 1.165) is 79.2 Å². The Hall–Kier alpha value is -2.60. The number of hydrogen-bond donors (Lipinski definition) is 2. The van der Waals surface area contributed by atoms with Gasteiger partial charge in [0.1, 0.15) is 6.54 Å². The van der Waals surface area contributed by atoms with E-state index in [1.807, 2.05) is 12.1 Å². The summed E-state index contributed by atoms with van der Waals surface area (Å²) >= 11 is 6.36. The van der Waals surface area contributed by atoms with Crippen LogP contribution in [0.4, 0.5) is 0 Å². The van der Waals surface area contributed by atoms with Crippen LogP contribution in [0.3, 0.4) is 0 Å². The van der Waals surface area contributed by atoms with Gasteiger partial charge in [0.05, 0.1) is 22.3 Å². The second-order valence-electron chi connectivity index (χ2n) is 8.36. The summed E-state index contributed by atoms with van der Waals surface area (Å²) < 4.78 is 1.31. The van der Waals surface area contributed by atoms with Crippen molar-refractivity contribution in [3.63, 3.8) is 0 Å². The SMILES string of the molecule is O=C(Cn1nc2c(cc1=O)CCCCC2)NC1CCCc2c1[nH]c1c(Cl)cccc21. The Kier molecular flexibility index (Phi) is 5.11. The second kappa shape index (κ2) is 7.91. The van der Waals surface area contributed by atoms with E-state index in [0.29, 0.717) is 5.02 Å². The third kappa shape index (κ3) is 3.54. The molecule has 1 unspecified atom stereocenters. The summed E-state index contributed by atoms with van der Waals surface area (Å²) in [5.74, 6) is -0.194. The fourth-order valence-corrected chi connectivity index (χ4v) is 5.09. The first-order valence-corrected chi connectivity index (χ1v) is 11.2. The van der Waals surface area contributed by atoms with E-state index in [1.54, 1.807) is 6.07 Å². The highest BCUT2D eigenvalue weighted by atomic mass is 35.5. The molecule has 2 aromatic heterocycles. The first-order chi connectivity index (χ1) is 14.6. The van der Waals surface area contributed by atoms with Crippen LogP contribution >= 0.6 is 11.6 Å². The minimum absolute atomic E-state index is 0.0566. The summed E-state index contributed by atoms with van der Waals surface area (Å²) in [5.41, 5.74) is 4.98. The normalized spacial score (nSPS) is 18.5. The van der Waals surface area contributed by atoms with Crippen LogP contribution in [0.15, 0.2) is 29.1 Å². The molecule has 2 N–H and O–H groups in total. The van der Waals surface area contributed by atoms with Crippen LogP contribution in [0.25, 0.3) is 10.9 Å². The van der Waals surface area contributed by atoms with Gasteiger partial charge in [0.15, 0.2) is 0 Å². The molecule has 1 amide bonds. The molecular weight excluding hydrogens is 400 g/mol. The number of halogens is 1. The summed E-state index contributed by atoms with van der Waals surface area (Å²) in [6.45, 7) is -0.0566. The van der Waals surface area contributed by atoms with Gasteiger partial charge in [0, 0.05) is 17.1 Å². The largest absolute Gasteiger partial charge is 0.355 e. The maximum Gasteiger partial charge on any atom is 0.267 e. The van der Waals surface area contributed by atoms with Crippen molar-refractivity contribution in [2.24, 2.45) is 0 Å². The predicted molar refractivity (Wildman–Crippen MR) is 117 cm³/mol. The zero-order chi connectivity index (χ0) is 20.7. The van der Waals surface area contributed by atoms with E-state index >= 15 is 0 Å². The van der Waals surface area contributed by atoms with Crippen LogP contribution in [0.2, 0.25) is 5.02 Å². The molecule has 0 radical (unpaired) electrons. The summed E-state index contributed by atoms with van der Waals surface area (Å²) in [5, 5.41) is 9.44. The van der Waals surface area contributed by atoms with Crippen LogP contribution in [0.5, 0.6) is 0 Å². The zero-order valence-corrected chi connectivity index (χ0v) is 17.6. The molecule has 156 valence electrons. The highest BCUT2D eigenvalue weighted by Gasteiger charge is 2.26. The molecule has 0 spiro atoms. The number of aryl methyl sites for hydroxylation is 3. The predicted octanol–water partition coefficient (Wildman–Crippen LogP) is 3.84. The number of rotatable bonds is 3. The molecule has 0 aliphatic heterocycles. The van der Waals surface area contributed by atoms with Gasteiger partial charge < -0.3 is 10.3 Å². The summed E-state index contributed by atoms with van der Waals surface area (Å²) in [6, 6.07) is 7.45. The number of aromatic nitrogens is 3. The minimum atomic E-state index is -0.201. The lowest BCUT2D eigenvalue weighted by Crippen LogP contribution is -2.37. The topological polar surface area (TPSA) is 79.8 Å². The molecule has 1 aromatic carbocycles. The van der Waals surface area contributed by atoms with Crippen molar-refractivity contribution in [2.75, 3.05) is 0 Å². The molecule has 2 aliphatic rings. The fourth-order valence-electron chi connectivity index (χ4n) is 4.86. The van der Waals surface area contributed by atoms with Gasteiger partial charge in [-0.3, -0.25) is 9.59 Å². The maximum atomic E-state index is 12.8. The lowest BCUT2D eigenvalue weighted by atomic mass is 9.91. The third-order valence-corrected chi connectivity index (χ3v) is 6.66. The smallest absolute Gasteiger partial charge is 0.267 e. The molecular formula is C23H25ClN4O2. The van der Waals surface area contributed by atoms with Gasteiger partial charge >= 0.3 is 0 Å². The van der Waals surface area contributed by atoms with Gasteiger partial charge in [-0.2, -0.15) is 5.10 Å². The number of nitrogens with zero attached hydrogens (tertiary/aromatic N) is 2. The Balaban J connectivity index is 1.37. The molecule has 1 atom stereocenters. The summed E-state index contributed by atoms with van der Waals surface area (Å²) in [6.07, 6.45) is 7.92. The van der Waals surface area contributed by atoms with Crippen molar-refractivity contribution < 1.29 is 4.79 Å². The molecule has 5 rings (SSSR count). The van der Waals surface area contributed by atoms with Crippen molar-refractivity contribution in [1.29, 1.82) is 0 Å². The van der Waals surface area contributed by atoms with Gasteiger partial charge in [-0.05, 0) is 62.1 Å². The van der Waals surface area contributed by atoms with Crippen LogP contribution in [0.1, 0.15) is 60.7 Å². The number of amides is 1. The van der Waals surface area contributed by atoms with Gasteiger partial charge in [-0.25, -0.2) is 4.68 Å². The first-order valence-electron chi connectivity index (χ1n) is 10.8. The number of hydrogen-bond acceptors (Lipinski definition) is 3. The number of H-pyrrole nitrogens is 1. The van der Waals surface area contributed by atoms with Gasteiger partial charge in [0.2, 0.25) is 5.91 Å². The summed E-state index contributed by atoms with van der Waals surface area (Å²) in [7, 11) is 0. The lowest BCUT2D eigenvalue weighted by molar-refractivity contribution is -0.122. The molecule has 0 saturated heterocycles. The number of nitrogens with one attached hydrogen (secondary N) is 2. The minimum Gasteiger partial charge on any atom is -0.355 e. The second-order valence-corrected chi connectivity index (χ2v) is 8.77. The lowest BCUT2D eigenvalue weighted by Gasteiger charge is -2.24. The first kappa shape index (κ1) is 19.4. The van der Waals surface area contributed by atoms with Gasteiger partial charge in [-0.15, -0.1) is 0 Å². The zero-order valence-electron chi connectivity index (χ0n) is 16.8. The van der Waals surface area contributed by atoms with E-state index in [-0.39, 0.29) is 24.1 Å². The number of carbonyl (C=O) groups excluding carboxylic acids is 1. The van der Waals surface area contributed by atoms with E-state index < -0.39 is 0 Å². The highest BCUT2D eigenvalue weighted by Crippen LogP contribution is 2.36. The van der Waals surface area contributed by atoms with E-state index in [4.69, 9.17) is 11.6 Å². The number of fused-ring (bicyclic) bond motifs is 4. The Morgan fingerprint density at radius 2 is 2.07 bits per heavy atom. The van der Waals surface area contributed by atoms with E-state index in [1.165, 1.54) is 10.2 Å². The molecule has 2 heterocycles. The fraction of sp³-hybridized carbons (Fsp3) is 0.435. The number of aromatic amines is 1. The molecule has 0 saturated carbocycles. The quantitative estimate of drug-likeness (QED) is 0.627. The Labute approximate surface area is 179 Å². The molecule has 3 aromatic rings. The van der Waals surface area contributed by atoms with Crippen molar-refractivity contribution in [1.82, 2.24) is 20.1 Å². The number of para-hydroxylation sites is 1. The summed E-state index contributed by atoms with van der Waals surface area (Å²) in [4.78, 5) is 28.7. The third-order valence-electron chi connectivity index (χ3n) is 6.34. The van der Waals surface area contributed by atoms with Crippen molar-refractivity contribution in [2.45, 2.75) is 64.0 Å². The van der Waals surface area contributed by atoms with E-state index in [9.17, 15) is 9.59 Å². The Morgan fingerprint density at radius 3 is 2.97 bits per heavy atom. The van der Waals surface area contributed by atoms with Crippen LogP contribution in [0, 0.1) is 0 Å². The average Bonchev–Trinajstić information content (AvgIpc) is 2.97. The maximum absolute atomic E-state index is 12.8. The molecule has 0 fully saturated rings. The van der Waals surface area contributed by atoms with Crippen LogP contribution in [-0.2, 0) is 30.6 Å². The highest BCUT2D eigenvalue weighted by molar-refractivity contribution is 6.35. The van der Waals surface area contributed by atoms with Crippen molar-refractivity contribution in [3.05, 3.63) is 62.2 Å². The van der Waals surface area contributed by atoms with E-state index in [2.05, 4.69) is 21.5 Å². The molecule has 30 heavy (non-hydrogen) atoms. The Morgan fingerprint density at radius 1 is 1.20 bits per heavy atom. The Bertz CT molecular complexity index is 1180. The van der Waals surface area contributed by atoms with Gasteiger partial charge in [0.25, 0.3) is 5.56 Å². The number of carbonyl (C=O) groups is 1. The standard InChI is InChI=1S/C23H25ClN4O2/c24-17-9-4-7-15-16-8-5-11-19(23(16)26-22(15)17)25-20(29)13-28-21(30)12-14-6-2-1-3-10-18(14)27-28/h4,7,9,12,19,26H,1-3,5-6,8,10-11,13H2,(H,25,29). The molecule has 0 bridgehead atoms. The van der Waals surface area contributed by atoms with Crippen molar-refractivity contribution >= 4 is 28.4 Å². The monoisotopic (exact) mass is 424 g/mol. The van der Waals surface area contributed by atoms with Crippen LogP contribution in [-0.4, -0.2) is 20.7 Å².